The maximum atomic E-state index is 4.40. The molecule has 3 rings (SSSR count). The zero-order valence-electron chi connectivity index (χ0n) is 7.74. The molecule has 1 aromatic heterocycles. The van der Waals surface area contributed by atoms with Crippen molar-refractivity contribution in [1.82, 2.24) is 9.97 Å². The molecule has 2 atom stereocenters. The van der Waals surface area contributed by atoms with Gasteiger partial charge in [-0.05, 0) is 31.2 Å². The molecule has 0 N–H and O–H groups in total. The van der Waals surface area contributed by atoms with E-state index in [2.05, 4.69) is 9.97 Å². The van der Waals surface area contributed by atoms with Crippen molar-refractivity contribution in [3.63, 3.8) is 0 Å². The Bertz CT molecular complexity index is 309. The van der Waals surface area contributed by atoms with Gasteiger partial charge in [-0.2, -0.15) is 0 Å². The van der Waals surface area contributed by atoms with Gasteiger partial charge >= 0.3 is 0 Å². The van der Waals surface area contributed by atoms with Gasteiger partial charge in [-0.25, -0.2) is 9.97 Å². The first kappa shape index (κ1) is 7.48. The lowest BCUT2D eigenvalue weighted by molar-refractivity contribution is 0.413. The number of rotatable bonds is 1. The molecule has 0 aliphatic heterocycles. The zero-order chi connectivity index (χ0) is 8.73. The summed E-state index contributed by atoms with van der Waals surface area (Å²) >= 11 is 0. The van der Waals surface area contributed by atoms with Crippen LogP contribution in [0.5, 0.6) is 0 Å². The molecule has 13 heavy (non-hydrogen) atoms. The summed E-state index contributed by atoms with van der Waals surface area (Å²) < 4.78 is 0. The molecule has 1 aromatic rings. The zero-order valence-corrected chi connectivity index (χ0v) is 7.74. The number of fused-ring (bicyclic) bond motifs is 1. The topological polar surface area (TPSA) is 25.8 Å². The van der Waals surface area contributed by atoms with Gasteiger partial charge in [0.1, 0.15) is 5.82 Å². The Balaban J connectivity index is 1.94. The third kappa shape index (κ3) is 1.01. The van der Waals surface area contributed by atoms with Crippen molar-refractivity contribution in [3.8, 4) is 0 Å². The third-order valence-electron chi connectivity index (χ3n) is 3.67. The summed E-state index contributed by atoms with van der Waals surface area (Å²) in [6, 6.07) is 1.90. The Hall–Kier alpha value is -0.920. The molecule has 2 heteroatoms. The highest BCUT2D eigenvalue weighted by Crippen LogP contribution is 2.61. The molecule has 2 nitrogen and oxygen atoms in total. The van der Waals surface area contributed by atoms with E-state index in [-0.39, 0.29) is 0 Å². The Labute approximate surface area is 78.4 Å². The van der Waals surface area contributed by atoms with Gasteiger partial charge in [-0.1, -0.05) is 12.8 Å². The number of aromatic nitrogens is 2. The van der Waals surface area contributed by atoms with Crippen LogP contribution >= 0.6 is 0 Å². The average molecular weight is 174 g/mol. The van der Waals surface area contributed by atoms with E-state index in [9.17, 15) is 0 Å². The van der Waals surface area contributed by atoms with E-state index < -0.39 is 0 Å². The summed E-state index contributed by atoms with van der Waals surface area (Å²) in [7, 11) is 0. The van der Waals surface area contributed by atoms with E-state index in [0.717, 1.165) is 11.7 Å². The van der Waals surface area contributed by atoms with Crippen molar-refractivity contribution in [2.24, 2.45) is 5.92 Å². The second-order valence-corrected chi connectivity index (χ2v) is 4.38. The van der Waals surface area contributed by atoms with Gasteiger partial charge in [0.2, 0.25) is 0 Å². The van der Waals surface area contributed by atoms with Crippen LogP contribution in [0.1, 0.15) is 37.9 Å². The van der Waals surface area contributed by atoms with Crippen LogP contribution in [0.15, 0.2) is 18.5 Å². The van der Waals surface area contributed by atoms with E-state index in [1.807, 2.05) is 18.5 Å². The molecule has 1 heterocycles. The Kier molecular flexibility index (Phi) is 1.46. The van der Waals surface area contributed by atoms with Gasteiger partial charge in [0.25, 0.3) is 0 Å². The van der Waals surface area contributed by atoms with Crippen LogP contribution < -0.4 is 0 Å². The molecule has 0 bridgehead atoms. The molecule has 0 spiro atoms. The number of hydrogen-bond donors (Lipinski definition) is 0. The van der Waals surface area contributed by atoms with Crippen LogP contribution in [0.3, 0.4) is 0 Å². The molecule has 2 aliphatic rings. The molecule has 68 valence electrons. The molecule has 0 unspecified atom stereocenters. The van der Waals surface area contributed by atoms with E-state index >= 15 is 0 Å². The summed E-state index contributed by atoms with van der Waals surface area (Å²) in [6.45, 7) is 0. The molecule has 2 fully saturated rings. The van der Waals surface area contributed by atoms with E-state index in [1.165, 1.54) is 32.1 Å². The normalized spacial score (nSPS) is 36.8. The van der Waals surface area contributed by atoms with Crippen LogP contribution in [0.4, 0.5) is 0 Å². The van der Waals surface area contributed by atoms with Crippen LogP contribution in [-0.4, -0.2) is 9.97 Å². The summed E-state index contributed by atoms with van der Waals surface area (Å²) in [5.74, 6) is 2.02. The quantitative estimate of drug-likeness (QED) is 0.653. The highest BCUT2D eigenvalue weighted by Gasteiger charge is 2.57. The second kappa shape index (κ2) is 2.53. The minimum atomic E-state index is 0.416. The third-order valence-corrected chi connectivity index (χ3v) is 3.67. The lowest BCUT2D eigenvalue weighted by Crippen LogP contribution is -2.17. The lowest BCUT2D eigenvalue weighted by Gasteiger charge is -2.19. The average Bonchev–Trinajstić information content (AvgIpc) is 2.94. The predicted molar refractivity (Wildman–Crippen MR) is 50.3 cm³/mol. The van der Waals surface area contributed by atoms with Crippen molar-refractivity contribution in [2.45, 2.75) is 37.5 Å². The predicted octanol–water partition coefficient (Wildman–Crippen LogP) is 2.31. The molecule has 0 amide bonds. The first-order chi connectivity index (χ1) is 6.42. The minimum Gasteiger partial charge on any atom is -0.241 e. The monoisotopic (exact) mass is 174 g/mol. The van der Waals surface area contributed by atoms with E-state index in [1.54, 1.807) is 0 Å². The van der Waals surface area contributed by atoms with E-state index in [0.29, 0.717) is 5.41 Å². The summed E-state index contributed by atoms with van der Waals surface area (Å²) in [5, 5.41) is 0. The van der Waals surface area contributed by atoms with Crippen molar-refractivity contribution >= 4 is 0 Å². The maximum absolute atomic E-state index is 4.40. The molecule has 0 radical (unpaired) electrons. The van der Waals surface area contributed by atoms with Crippen molar-refractivity contribution in [2.75, 3.05) is 0 Å². The van der Waals surface area contributed by atoms with E-state index in [4.69, 9.17) is 0 Å². The fourth-order valence-corrected chi connectivity index (χ4v) is 2.84. The Morgan fingerprint density at radius 3 is 2.85 bits per heavy atom. The maximum Gasteiger partial charge on any atom is 0.134 e. The van der Waals surface area contributed by atoms with Crippen molar-refractivity contribution in [1.29, 1.82) is 0 Å². The SMILES string of the molecule is c1cnc([C@@]23CCCC[C@H]2C3)nc1. The molecule has 0 saturated heterocycles. The standard InChI is InChI=1S/C11H14N2/c1-2-5-11(8-9(11)4-1)10-12-6-3-7-13-10/h3,6-7,9H,1-2,4-5,8H2/t9-,11+/m0/s1. The molecular weight excluding hydrogens is 160 g/mol. The van der Waals surface area contributed by atoms with Crippen LogP contribution in [0.25, 0.3) is 0 Å². The largest absolute Gasteiger partial charge is 0.241 e. The summed E-state index contributed by atoms with van der Waals surface area (Å²) in [6.07, 6.45) is 10.6. The van der Waals surface area contributed by atoms with Crippen molar-refractivity contribution < 1.29 is 0 Å². The smallest absolute Gasteiger partial charge is 0.134 e. The molecule has 2 aliphatic carbocycles. The van der Waals surface area contributed by atoms with Crippen molar-refractivity contribution in [3.05, 3.63) is 24.3 Å². The van der Waals surface area contributed by atoms with Gasteiger partial charge < -0.3 is 0 Å². The summed E-state index contributed by atoms with van der Waals surface area (Å²) in [4.78, 5) is 8.81. The van der Waals surface area contributed by atoms with Crippen LogP contribution in [0.2, 0.25) is 0 Å². The van der Waals surface area contributed by atoms with Crippen LogP contribution in [-0.2, 0) is 5.41 Å². The minimum absolute atomic E-state index is 0.416. The van der Waals surface area contributed by atoms with Gasteiger partial charge in [0, 0.05) is 17.8 Å². The van der Waals surface area contributed by atoms with Gasteiger partial charge in [0.05, 0.1) is 0 Å². The van der Waals surface area contributed by atoms with Crippen LogP contribution in [0, 0.1) is 5.92 Å². The van der Waals surface area contributed by atoms with Gasteiger partial charge in [0.15, 0.2) is 0 Å². The molecule has 0 aromatic carbocycles. The Morgan fingerprint density at radius 2 is 2.08 bits per heavy atom. The molecule has 2 saturated carbocycles. The summed E-state index contributed by atoms with van der Waals surface area (Å²) in [5.41, 5.74) is 0.416. The highest BCUT2D eigenvalue weighted by molar-refractivity contribution is 5.23. The highest BCUT2D eigenvalue weighted by atomic mass is 14.9. The number of hydrogen-bond acceptors (Lipinski definition) is 2. The number of nitrogens with zero attached hydrogens (tertiary/aromatic N) is 2. The second-order valence-electron chi connectivity index (χ2n) is 4.38. The fourth-order valence-electron chi connectivity index (χ4n) is 2.84. The first-order valence-electron chi connectivity index (χ1n) is 5.19. The lowest BCUT2D eigenvalue weighted by atomic mass is 9.88. The first-order valence-corrected chi connectivity index (χ1v) is 5.19. The Morgan fingerprint density at radius 1 is 1.23 bits per heavy atom. The fraction of sp³-hybridized carbons (Fsp3) is 0.636. The van der Waals surface area contributed by atoms with Gasteiger partial charge in [-0.3, -0.25) is 0 Å². The van der Waals surface area contributed by atoms with Gasteiger partial charge in [-0.15, -0.1) is 0 Å². The molecular formula is C11H14N2.